The molecule has 1 aliphatic carbocycles. The first kappa shape index (κ1) is 58.1. The standard InChI is InChI=1S/C52H83N3O13.CH4/c1-11-12-13-16-38-26-32(2)25-33(3)27-44(64-9)47-45(65-10)29-35(5)52(62,68-47)48(58)49(59)55-20-15-14-17-39(55)50(60)67-46(36(6)40(56)31-41(38)57)34(4)28-37-18-19-42(43(30-37)63-8)66-51(61)54-23-21-53(7)22-24-54;/h12-13,26,28,33,35-40,42-47,56,62H,11,14-25,27,29-31H2,1-10H3;1H4/b13-12+,32-26+,34-28+;/t33-,35+,36+,37-,38+,39-,40-,42+,43+,44-,45-,46+,47+,52+;/m0./s1. The van der Waals surface area contributed by atoms with Crippen LogP contribution >= 0.6 is 0 Å². The third-order valence-corrected chi connectivity index (χ3v) is 15.2. The zero-order chi connectivity index (χ0) is 49.9. The van der Waals surface area contributed by atoms with E-state index in [9.17, 15) is 34.2 Å². The molecule has 0 aromatic carbocycles. The van der Waals surface area contributed by atoms with Gasteiger partial charge in [0, 0.05) is 78.2 Å². The van der Waals surface area contributed by atoms with E-state index in [1.807, 2.05) is 52.1 Å². The van der Waals surface area contributed by atoms with Gasteiger partial charge >= 0.3 is 12.1 Å². The van der Waals surface area contributed by atoms with Crippen molar-refractivity contribution in [3.8, 4) is 0 Å². The molecule has 0 radical (unpaired) electrons. The van der Waals surface area contributed by atoms with Crippen LogP contribution in [0.4, 0.5) is 4.79 Å². The van der Waals surface area contributed by atoms with Crippen LogP contribution in [0.3, 0.4) is 0 Å². The van der Waals surface area contributed by atoms with Crippen molar-refractivity contribution in [2.24, 2.45) is 29.6 Å². The van der Waals surface area contributed by atoms with E-state index in [4.69, 9.17) is 28.4 Å². The largest absolute Gasteiger partial charge is 0.456 e. The zero-order valence-electron chi connectivity index (χ0n) is 42.6. The van der Waals surface area contributed by atoms with E-state index in [-0.39, 0.29) is 63.1 Å². The molecule has 0 aromatic heterocycles. The Bertz CT molecular complexity index is 1810. The average Bonchev–Trinajstić information content (AvgIpc) is 3.32. The Kier molecular flexibility index (Phi) is 22.6. The Hall–Kier alpha value is -3.51. The van der Waals surface area contributed by atoms with E-state index in [2.05, 4.69) is 11.8 Å². The molecular formula is C53H87N3O13. The summed E-state index contributed by atoms with van der Waals surface area (Å²) in [5, 5.41) is 24.2. The number of aliphatic hydroxyl groups is 2. The molecule has 1 saturated carbocycles. The third-order valence-electron chi connectivity index (χ3n) is 15.2. The van der Waals surface area contributed by atoms with Crippen LogP contribution in [0.2, 0.25) is 0 Å². The molecule has 14 atom stereocenters. The van der Waals surface area contributed by atoms with Crippen LogP contribution in [0, 0.1) is 29.6 Å². The van der Waals surface area contributed by atoms with E-state index in [1.54, 1.807) is 25.9 Å². The van der Waals surface area contributed by atoms with E-state index in [0.717, 1.165) is 25.1 Å². The Labute approximate surface area is 412 Å². The number of ether oxygens (including phenoxy) is 6. The molecule has 69 heavy (non-hydrogen) atoms. The van der Waals surface area contributed by atoms with Gasteiger partial charge in [0.05, 0.1) is 24.4 Å². The number of piperazine rings is 1. The minimum Gasteiger partial charge on any atom is -0.456 e. The van der Waals surface area contributed by atoms with Crippen molar-refractivity contribution < 1.29 is 62.6 Å². The van der Waals surface area contributed by atoms with Crippen molar-refractivity contribution in [1.82, 2.24) is 14.7 Å². The summed E-state index contributed by atoms with van der Waals surface area (Å²) in [5.74, 6) is -7.86. The summed E-state index contributed by atoms with van der Waals surface area (Å²) in [6, 6.07) is -1.17. The fourth-order valence-electron chi connectivity index (χ4n) is 11.0. The maximum absolute atomic E-state index is 14.6. The van der Waals surface area contributed by atoms with Gasteiger partial charge in [-0.05, 0) is 109 Å². The van der Waals surface area contributed by atoms with E-state index in [1.165, 1.54) is 19.1 Å². The Morgan fingerprint density at radius 2 is 1.54 bits per heavy atom. The molecule has 4 heterocycles. The van der Waals surface area contributed by atoms with Gasteiger partial charge in [-0.25, -0.2) is 9.59 Å². The fraction of sp³-hybridized carbons (Fsp3) is 0.792. The van der Waals surface area contributed by atoms with Gasteiger partial charge in [-0.3, -0.25) is 14.4 Å². The number of methoxy groups -OCH3 is 3. The quantitative estimate of drug-likeness (QED) is 0.146. The predicted octanol–water partition coefficient (Wildman–Crippen LogP) is 6.45. The van der Waals surface area contributed by atoms with Gasteiger partial charge in [0.1, 0.15) is 30.1 Å². The lowest BCUT2D eigenvalue weighted by Gasteiger charge is -2.47. The molecule has 2 N–H and O–H groups in total. The van der Waals surface area contributed by atoms with Gasteiger partial charge in [-0.1, -0.05) is 65.0 Å². The smallest absolute Gasteiger partial charge is 0.410 e. The van der Waals surface area contributed by atoms with Crippen LogP contribution in [-0.4, -0.2) is 170 Å². The lowest BCUT2D eigenvalue weighted by molar-refractivity contribution is -0.302. The molecule has 5 aliphatic rings. The summed E-state index contributed by atoms with van der Waals surface area (Å²) < 4.78 is 36.4. The molecule has 4 fully saturated rings. The summed E-state index contributed by atoms with van der Waals surface area (Å²) in [5.41, 5.74) is 1.62. The molecular weight excluding hydrogens is 887 g/mol. The van der Waals surface area contributed by atoms with Gasteiger partial charge in [0.2, 0.25) is 5.79 Å². The number of nitrogens with zero attached hydrogens (tertiary/aromatic N) is 3. The minimum atomic E-state index is -2.53. The molecule has 16 heteroatoms. The molecule has 0 aromatic rings. The number of esters is 1. The van der Waals surface area contributed by atoms with Crippen molar-refractivity contribution in [2.45, 2.75) is 181 Å². The van der Waals surface area contributed by atoms with Crippen molar-refractivity contribution in [3.05, 3.63) is 35.5 Å². The number of ketones is 2. The number of piperidine rings is 1. The van der Waals surface area contributed by atoms with Gasteiger partial charge in [-0.15, -0.1) is 0 Å². The number of hydrogen-bond acceptors (Lipinski definition) is 14. The number of rotatable bonds is 9. The number of amides is 2. The van der Waals surface area contributed by atoms with E-state index < -0.39 is 83.9 Å². The number of Topliss-reactive ketones (excluding diaryl/α,β-unsaturated/α-hetero) is 2. The average molecular weight is 974 g/mol. The maximum Gasteiger partial charge on any atom is 0.410 e. The Morgan fingerprint density at radius 1 is 0.870 bits per heavy atom. The molecule has 392 valence electrons. The van der Waals surface area contributed by atoms with Crippen LogP contribution in [0.5, 0.6) is 0 Å². The van der Waals surface area contributed by atoms with Crippen molar-refractivity contribution >= 4 is 29.5 Å². The fourth-order valence-corrected chi connectivity index (χ4v) is 11.0. The van der Waals surface area contributed by atoms with Crippen LogP contribution in [0.1, 0.15) is 126 Å². The molecule has 0 spiro atoms. The summed E-state index contributed by atoms with van der Waals surface area (Å²) in [6.07, 6.45) is 7.83. The number of aliphatic hydroxyl groups excluding tert-OH is 1. The van der Waals surface area contributed by atoms with Gasteiger partial charge in [0.25, 0.3) is 11.7 Å². The Morgan fingerprint density at radius 3 is 2.19 bits per heavy atom. The van der Waals surface area contributed by atoms with Crippen LogP contribution in [0.15, 0.2) is 35.5 Å². The first-order chi connectivity index (χ1) is 32.3. The van der Waals surface area contributed by atoms with Crippen LogP contribution < -0.4 is 0 Å². The normalized spacial score (nSPS) is 37.5. The summed E-state index contributed by atoms with van der Waals surface area (Å²) in [6.45, 7) is 14.1. The first-order valence-electron chi connectivity index (χ1n) is 25.2. The summed E-state index contributed by atoms with van der Waals surface area (Å²) in [4.78, 5) is 75.9. The summed E-state index contributed by atoms with van der Waals surface area (Å²) >= 11 is 0. The van der Waals surface area contributed by atoms with Crippen molar-refractivity contribution in [2.75, 3.05) is 61.1 Å². The second-order valence-corrected chi connectivity index (χ2v) is 20.5. The molecule has 2 bridgehead atoms. The SMILES string of the molecule is C.CC/C=C/C[C@@H]1/C=C(\C)C[C@H](C)C[C@H](OC)[C@H]2O[C@@](O)(C(=O)C(=O)N3CCCC[C@H]3C(=O)O[C@H](/C(C)=C/[C@@H]3CC[C@@H](OC(=O)N4CCN(C)CC4)[C@H](OC)C3)[C@H](C)[C@@H](O)CC1=O)[C@H](C)C[C@@H]2OC. The number of allylic oxidation sites excluding steroid dienone is 5. The van der Waals surface area contributed by atoms with Crippen LogP contribution in [-0.2, 0) is 47.6 Å². The topological polar surface area (TPSA) is 191 Å². The van der Waals surface area contributed by atoms with Gasteiger partial charge in [0.15, 0.2) is 0 Å². The Balaban J connectivity index is 0.0000104. The minimum absolute atomic E-state index is 0. The third kappa shape index (κ3) is 14.8. The lowest BCUT2D eigenvalue weighted by atomic mass is 9.81. The molecule has 4 aliphatic heterocycles. The highest BCUT2D eigenvalue weighted by Crippen LogP contribution is 2.39. The maximum atomic E-state index is 14.6. The van der Waals surface area contributed by atoms with Gasteiger partial charge < -0.3 is 53.3 Å². The van der Waals surface area contributed by atoms with E-state index in [0.29, 0.717) is 70.0 Å². The van der Waals surface area contributed by atoms with Gasteiger partial charge in [-0.2, -0.15) is 0 Å². The molecule has 2 amide bonds. The number of cyclic esters (lactones) is 1. The summed E-state index contributed by atoms with van der Waals surface area (Å²) in [7, 11) is 6.69. The lowest BCUT2D eigenvalue weighted by Crippen LogP contribution is -2.64. The molecule has 0 unspecified atom stereocenters. The highest BCUT2D eigenvalue weighted by atomic mass is 16.7. The number of carbonyl (C=O) groups is 5. The second kappa shape index (κ2) is 26.8. The highest BCUT2D eigenvalue weighted by Gasteiger charge is 2.56. The van der Waals surface area contributed by atoms with Crippen molar-refractivity contribution in [3.63, 3.8) is 0 Å². The number of carbonyl (C=O) groups excluding carboxylic acids is 5. The number of hydrogen-bond donors (Lipinski definition) is 2. The second-order valence-electron chi connectivity index (χ2n) is 20.5. The number of fused-ring (bicyclic) bond motifs is 3. The molecule has 16 nitrogen and oxygen atoms in total. The van der Waals surface area contributed by atoms with E-state index >= 15 is 0 Å². The first-order valence-corrected chi connectivity index (χ1v) is 25.2. The number of likely N-dealkylation sites (N-methyl/N-ethyl adjacent to an activating group) is 1. The highest BCUT2D eigenvalue weighted by molar-refractivity contribution is 6.39. The molecule has 3 saturated heterocycles. The monoisotopic (exact) mass is 974 g/mol. The molecule has 5 rings (SSSR count). The zero-order valence-corrected chi connectivity index (χ0v) is 42.6. The van der Waals surface area contributed by atoms with Crippen LogP contribution in [0.25, 0.3) is 0 Å². The van der Waals surface area contributed by atoms with Crippen molar-refractivity contribution in [1.29, 1.82) is 0 Å². The predicted molar refractivity (Wildman–Crippen MR) is 262 cm³/mol.